The summed E-state index contributed by atoms with van der Waals surface area (Å²) < 4.78 is 0. The number of allylic oxidation sites excluding steroid dienone is 2. The molecule has 0 spiro atoms. The third-order valence-corrected chi connectivity index (χ3v) is 4.25. The average molecular weight is 276 g/mol. The van der Waals surface area contributed by atoms with Crippen LogP contribution in [0.4, 0.5) is 0 Å². The number of hydrogen-bond acceptors (Lipinski definition) is 1. The highest BCUT2D eigenvalue weighted by Crippen LogP contribution is 2.44. The molecule has 3 rings (SSSR count). The van der Waals surface area contributed by atoms with Crippen LogP contribution in [0.2, 0.25) is 0 Å². The monoisotopic (exact) mass is 275 g/mol. The van der Waals surface area contributed by atoms with Crippen LogP contribution >= 0.6 is 11.6 Å². The molecule has 1 aliphatic rings. The lowest BCUT2D eigenvalue weighted by atomic mass is 9.83. The molecule has 0 saturated carbocycles. The van der Waals surface area contributed by atoms with Gasteiger partial charge >= 0.3 is 5.97 Å². The zero-order valence-corrected chi connectivity index (χ0v) is 11.1. The van der Waals surface area contributed by atoms with Crippen molar-refractivity contribution in [1.82, 2.24) is 4.98 Å². The zero-order valence-electron chi connectivity index (χ0n) is 10.3. The van der Waals surface area contributed by atoms with Crippen molar-refractivity contribution in [3.05, 3.63) is 47.7 Å². The zero-order chi connectivity index (χ0) is 13.5. The standard InChI is InChI=1S/C15H14ClNO2/c16-15(7-2-1-3-8-15)12-11(14(18)19)5-4-10-6-9-17-13(10)12/h1-2,4-6,9,17H,3,7-8H2,(H,18,19). The number of aromatic carboxylic acids is 1. The molecule has 0 radical (unpaired) electrons. The first-order valence-corrected chi connectivity index (χ1v) is 6.67. The van der Waals surface area contributed by atoms with Crippen LogP contribution in [0.5, 0.6) is 0 Å². The maximum absolute atomic E-state index is 11.5. The van der Waals surface area contributed by atoms with Crippen LogP contribution in [-0.2, 0) is 4.87 Å². The molecule has 1 atom stereocenters. The van der Waals surface area contributed by atoms with Crippen LogP contribution in [-0.4, -0.2) is 16.1 Å². The molecule has 0 saturated heterocycles. The number of alkyl halides is 1. The van der Waals surface area contributed by atoms with E-state index in [1.54, 1.807) is 6.07 Å². The van der Waals surface area contributed by atoms with Gasteiger partial charge in [-0.25, -0.2) is 4.79 Å². The summed E-state index contributed by atoms with van der Waals surface area (Å²) in [6.45, 7) is 0. The van der Waals surface area contributed by atoms with Crippen molar-refractivity contribution in [2.24, 2.45) is 0 Å². The van der Waals surface area contributed by atoms with E-state index in [1.165, 1.54) is 0 Å². The van der Waals surface area contributed by atoms with E-state index in [2.05, 4.69) is 11.1 Å². The van der Waals surface area contributed by atoms with Crippen LogP contribution in [0.15, 0.2) is 36.5 Å². The highest BCUT2D eigenvalue weighted by atomic mass is 35.5. The molecule has 1 aromatic carbocycles. The number of aromatic nitrogens is 1. The second kappa shape index (κ2) is 4.42. The van der Waals surface area contributed by atoms with Crippen molar-refractivity contribution < 1.29 is 9.90 Å². The van der Waals surface area contributed by atoms with Crippen LogP contribution < -0.4 is 0 Å². The SMILES string of the molecule is O=C(O)c1ccc2cc[nH]c2c1C1(Cl)CC=CCC1. The molecule has 3 nitrogen and oxygen atoms in total. The lowest BCUT2D eigenvalue weighted by molar-refractivity contribution is 0.0694. The molecule has 1 aromatic heterocycles. The Morgan fingerprint density at radius 3 is 2.84 bits per heavy atom. The number of carboxylic acids is 1. The largest absolute Gasteiger partial charge is 0.478 e. The molecule has 2 aromatic rings. The minimum absolute atomic E-state index is 0.292. The van der Waals surface area contributed by atoms with E-state index in [9.17, 15) is 9.90 Å². The van der Waals surface area contributed by atoms with Gasteiger partial charge in [-0.2, -0.15) is 0 Å². The van der Waals surface area contributed by atoms with Gasteiger partial charge in [-0.05, 0) is 36.8 Å². The van der Waals surface area contributed by atoms with Crippen molar-refractivity contribution in [3.63, 3.8) is 0 Å². The minimum atomic E-state index is -0.930. The normalized spacial score (nSPS) is 22.8. The number of halogens is 1. The number of nitrogens with one attached hydrogen (secondary N) is 1. The maximum atomic E-state index is 11.5. The van der Waals surface area contributed by atoms with E-state index in [0.717, 1.165) is 23.7 Å². The Bertz CT molecular complexity index is 674. The summed E-state index contributed by atoms with van der Waals surface area (Å²) in [7, 11) is 0. The highest BCUT2D eigenvalue weighted by Gasteiger charge is 2.35. The molecule has 0 amide bonds. The molecule has 98 valence electrons. The summed E-state index contributed by atoms with van der Waals surface area (Å²) >= 11 is 6.75. The van der Waals surface area contributed by atoms with Gasteiger partial charge < -0.3 is 10.1 Å². The lowest BCUT2D eigenvalue weighted by Gasteiger charge is -2.30. The van der Waals surface area contributed by atoms with E-state index in [-0.39, 0.29) is 0 Å². The van der Waals surface area contributed by atoms with E-state index >= 15 is 0 Å². The highest BCUT2D eigenvalue weighted by molar-refractivity contribution is 6.26. The predicted molar refractivity (Wildman–Crippen MR) is 75.8 cm³/mol. The predicted octanol–water partition coefficient (Wildman–Crippen LogP) is 4.04. The maximum Gasteiger partial charge on any atom is 0.336 e. The summed E-state index contributed by atoms with van der Waals surface area (Å²) in [4.78, 5) is 14.0. The number of H-pyrrole nitrogens is 1. The Kier molecular flexibility index (Phi) is 2.86. The van der Waals surface area contributed by atoms with Gasteiger partial charge in [0.25, 0.3) is 0 Å². The third-order valence-electron chi connectivity index (χ3n) is 3.72. The van der Waals surface area contributed by atoms with Crippen molar-refractivity contribution in [1.29, 1.82) is 0 Å². The second-order valence-corrected chi connectivity index (χ2v) is 5.64. The molecule has 0 fully saturated rings. The smallest absolute Gasteiger partial charge is 0.336 e. The van der Waals surface area contributed by atoms with Crippen LogP contribution in [0.25, 0.3) is 10.9 Å². The van der Waals surface area contributed by atoms with E-state index in [1.807, 2.05) is 24.4 Å². The summed E-state index contributed by atoms with van der Waals surface area (Å²) in [5, 5.41) is 10.4. The van der Waals surface area contributed by atoms with Gasteiger partial charge in [0.1, 0.15) is 0 Å². The molecule has 0 bridgehead atoms. The molecule has 1 unspecified atom stereocenters. The first-order chi connectivity index (χ1) is 9.12. The topological polar surface area (TPSA) is 53.1 Å². The van der Waals surface area contributed by atoms with Gasteiger partial charge in [0.15, 0.2) is 0 Å². The minimum Gasteiger partial charge on any atom is -0.478 e. The van der Waals surface area contributed by atoms with Crippen LogP contribution in [0.1, 0.15) is 35.2 Å². The number of hydrogen-bond donors (Lipinski definition) is 2. The molecule has 1 heterocycles. The molecular weight excluding hydrogens is 262 g/mol. The van der Waals surface area contributed by atoms with Gasteiger partial charge in [0.2, 0.25) is 0 Å². The van der Waals surface area contributed by atoms with Gasteiger partial charge in [-0.15, -0.1) is 11.6 Å². The number of fused-ring (bicyclic) bond motifs is 1. The number of carboxylic acid groups (broad SMARTS) is 1. The number of rotatable bonds is 2. The fourth-order valence-corrected chi connectivity index (χ4v) is 3.20. The Hall–Kier alpha value is -1.74. The number of benzene rings is 1. The summed E-state index contributed by atoms with van der Waals surface area (Å²) in [5.74, 6) is -0.930. The van der Waals surface area contributed by atoms with E-state index in [0.29, 0.717) is 17.5 Å². The van der Waals surface area contributed by atoms with Crippen molar-refractivity contribution in [2.45, 2.75) is 24.1 Å². The van der Waals surface area contributed by atoms with Crippen molar-refractivity contribution in [2.75, 3.05) is 0 Å². The summed E-state index contributed by atoms with van der Waals surface area (Å²) in [5.41, 5.74) is 1.85. The fraction of sp³-hybridized carbons (Fsp3) is 0.267. The van der Waals surface area contributed by atoms with Crippen molar-refractivity contribution in [3.8, 4) is 0 Å². The summed E-state index contributed by atoms with van der Waals surface area (Å²) in [6.07, 6.45) is 8.23. The van der Waals surface area contributed by atoms with Gasteiger partial charge in [-0.3, -0.25) is 0 Å². The molecule has 1 aliphatic carbocycles. The Labute approximate surface area is 115 Å². The third kappa shape index (κ3) is 1.94. The van der Waals surface area contributed by atoms with Crippen molar-refractivity contribution >= 4 is 28.5 Å². The first kappa shape index (κ1) is 12.3. The summed E-state index contributed by atoms with van der Waals surface area (Å²) in [6, 6.07) is 5.40. The Balaban J connectivity index is 2.30. The van der Waals surface area contributed by atoms with E-state index < -0.39 is 10.8 Å². The second-order valence-electron chi connectivity index (χ2n) is 4.91. The van der Waals surface area contributed by atoms with Crippen LogP contribution in [0, 0.1) is 0 Å². The molecule has 4 heteroatoms. The van der Waals surface area contributed by atoms with Crippen LogP contribution in [0.3, 0.4) is 0 Å². The quantitative estimate of drug-likeness (QED) is 0.642. The Morgan fingerprint density at radius 2 is 2.16 bits per heavy atom. The van der Waals surface area contributed by atoms with E-state index in [4.69, 9.17) is 11.6 Å². The molecule has 2 N–H and O–H groups in total. The Morgan fingerprint density at radius 1 is 1.32 bits per heavy atom. The van der Waals surface area contributed by atoms with Gasteiger partial charge in [0.05, 0.1) is 16.0 Å². The lowest BCUT2D eigenvalue weighted by Crippen LogP contribution is -2.23. The van der Waals surface area contributed by atoms with Gasteiger partial charge in [0, 0.05) is 11.8 Å². The first-order valence-electron chi connectivity index (χ1n) is 6.30. The average Bonchev–Trinajstić information content (AvgIpc) is 2.86. The molecule has 19 heavy (non-hydrogen) atoms. The fourth-order valence-electron chi connectivity index (χ4n) is 2.80. The number of carbonyl (C=O) groups is 1. The molecular formula is C15H14ClNO2. The van der Waals surface area contributed by atoms with Gasteiger partial charge in [-0.1, -0.05) is 18.2 Å². The molecule has 0 aliphatic heterocycles. The number of aromatic amines is 1.